The first-order valence-electron chi connectivity index (χ1n) is 7.33. The summed E-state index contributed by atoms with van der Waals surface area (Å²) in [4.78, 5) is 26.1. The number of fused-ring (bicyclic) bond motifs is 1. The average Bonchev–Trinajstić information content (AvgIpc) is 2.67. The van der Waals surface area contributed by atoms with Gasteiger partial charge in [0, 0.05) is 11.7 Å². The van der Waals surface area contributed by atoms with E-state index in [9.17, 15) is 9.59 Å². The summed E-state index contributed by atoms with van der Waals surface area (Å²) < 4.78 is 4.93. The molecule has 21 heavy (non-hydrogen) atoms. The second-order valence-corrected chi connectivity index (χ2v) is 5.62. The van der Waals surface area contributed by atoms with Crippen LogP contribution >= 0.6 is 0 Å². The lowest BCUT2D eigenvalue weighted by Crippen LogP contribution is -2.37. The van der Waals surface area contributed by atoms with E-state index in [1.54, 1.807) is 18.2 Å². The molecule has 0 bridgehead atoms. The van der Waals surface area contributed by atoms with E-state index in [0.717, 1.165) is 32.1 Å². The van der Waals surface area contributed by atoms with Gasteiger partial charge in [-0.1, -0.05) is 19.3 Å². The van der Waals surface area contributed by atoms with E-state index in [2.05, 4.69) is 10.3 Å². The highest BCUT2D eigenvalue weighted by atomic mass is 16.4. The molecular weight excluding hydrogens is 270 g/mol. The number of hydrogen-bond acceptors (Lipinski definition) is 4. The van der Waals surface area contributed by atoms with Crippen LogP contribution in [-0.4, -0.2) is 16.9 Å². The molecule has 3 rings (SSSR count). The van der Waals surface area contributed by atoms with Gasteiger partial charge in [0.1, 0.15) is 0 Å². The van der Waals surface area contributed by atoms with Gasteiger partial charge in [0.05, 0.1) is 11.4 Å². The number of carbonyl (C=O) groups is 1. The van der Waals surface area contributed by atoms with Crippen LogP contribution in [0.3, 0.4) is 0 Å². The predicted molar refractivity (Wildman–Crippen MR) is 80.0 cm³/mol. The van der Waals surface area contributed by atoms with Crippen LogP contribution in [0.4, 0.5) is 5.69 Å². The second-order valence-electron chi connectivity index (χ2n) is 5.62. The van der Waals surface area contributed by atoms with Gasteiger partial charge in [0.25, 0.3) is 0 Å². The van der Waals surface area contributed by atoms with E-state index in [-0.39, 0.29) is 17.9 Å². The number of hydrogen-bond donors (Lipinski definition) is 3. The molecule has 1 aliphatic rings. The number of H-pyrrole nitrogens is 1. The van der Waals surface area contributed by atoms with E-state index in [1.165, 1.54) is 0 Å². The molecule has 4 N–H and O–H groups in total. The second kappa shape index (κ2) is 5.73. The quantitative estimate of drug-likeness (QED) is 0.736. The lowest BCUT2D eigenvalue weighted by atomic mass is 9.94. The molecule has 1 fully saturated rings. The van der Waals surface area contributed by atoms with Crippen LogP contribution in [0.5, 0.6) is 0 Å². The van der Waals surface area contributed by atoms with Crippen LogP contribution in [0.1, 0.15) is 32.1 Å². The monoisotopic (exact) mass is 289 g/mol. The van der Waals surface area contributed by atoms with Crippen LogP contribution in [0, 0.1) is 5.92 Å². The molecule has 1 aliphatic carbocycles. The van der Waals surface area contributed by atoms with Gasteiger partial charge in [-0.15, -0.1) is 0 Å². The molecule has 0 spiro atoms. The fraction of sp³-hybridized carbons (Fsp3) is 0.467. The Bertz CT molecular complexity index is 703. The van der Waals surface area contributed by atoms with Crippen molar-refractivity contribution in [3.05, 3.63) is 28.7 Å². The van der Waals surface area contributed by atoms with Crippen molar-refractivity contribution in [1.82, 2.24) is 4.98 Å². The van der Waals surface area contributed by atoms with E-state index < -0.39 is 5.76 Å². The number of amides is 1. The van der Waals surface area contributed by atoms with Crippen LogP contribution < -0.4 is 16.8 Å². The highest BCUT2D eigenvalue weighted by Gasteiger charge is 2.27. The van der Waals surface area contributed by atoms with Crippen molar-refractivity contribution < 1.29 is 9.21 Å². The Hall–Kier alpha value is -2.08. The minimum absolute atomic E-state index is 0.0467. The van der Waals surface area contributed by atoms with Gasteiger partial charge in [0.2, 0.25) is 5.91 Å². The maximum Gasteiger partial charge on any atom is 0.417 e. The first-order chi connectivity index (χ1) is 10.1. The van der Waals surface area contributed by atoms with Gasteiger partial charge in [-0.2, -0.15) is 0 Å². The molecule has 112 valence electrons. The fourth-order valence-corrected chi connectivity index (χ4v) is 2.93. The number of carbonyl (C=O) groups excluding carboxylic acids is 1. The number of anilines is 1. The number of benzene rings is 1. The van der Waals surface area contributed by atoms with Gasteiger partial charge in [-0.3, -0.25) is 9.78 Å². The molecule has 1 amide bonds. The van der Waals surface area contributed by atoms with E-state index in [0.29, 0.717) is 16.8 Å². The molecule has 1 heterocycles. The third kappa shape index (κ3) is 3.00. The minimum Gasteiger partial charge on any atom is -0.408 e. The predicted octanol–water partition coefficient (Wildman–Crippen LogP) is 1.97. The first kappa shape index (κ1) is 13.9. The van der Waals surface area contributed by atoms with Crippen molar-refractivity contribution >= 4 is 22.7 Å². The summed E-state index contributed by atoms with van der Waals surface area (Å²) in [6.07, 6.45) is 5.00. The summed E-state index contributed by atoms with van der Waals surface area (Å²) in [7, 11) is 0. The zero-order chi connectivity index (χ0) is 14.8. The Morgan fingerprint density at radius 2 is 2.10 bits per heavy atom. The fourth-order valence-electron chi connectivity index (χ4n) is 2.93. The Labute approximate surface area is 121 Å². The van der Waals surface area contributed by atoms with Gasteiger partial charge in [-0.05, 0) is 31.0 Å². The lowest BCUT2D eigenvalue weighted by Gasteiger charge is -2.20. The smallest absolute Gasteiger partial charge is 0.408 e. The Balaban J connectivity index is 1.77. The minimum atomic E-state index is -0.501. The molecule has 1 saturated carbocycles. The summed E-state index contributed by atoms with van der Waals surface area (Å²) in [5, 5.41) is 2.89. The molecule has 1 aromatic carbocycles. The summed E-state index contributed by atoms with van der Waals surface area (Å²) in [6, 6.07) is 5.00. The highest BCUT2D eigenvalue weighted by molar-refractivity contribution is 5.94. The molecular formula is C15H19N3O3. The van der Waals surface area contributed by atoms with Crippen molar-refractivity contribution in [2.75, 3.05) is 5.32 Å². The molecule has 6 heteroatoms. The Morgan fingerprint density at radius 1 is 1.29 bits per heavy atom. The zero-order valence-corrected chi connectivity index (χ0v) is 11.7. The molecule has 6 nitrogen and oxygen atoms in total. The molecule has 2 unspecified atom stereocenters. The third-order valence-corrected chi connectivity index (χ3v) is 4.09. The number of nitrogens with two attached hydrogens (primary N) is 1. The summed E-state index contributed by atoms with van der Waals surface area (Å²) >= 11 is 0. The van der Waals surface area contributed by atoms with Crippen molar-refractivity contribution in [3.8, 4) is 0 Å². The van der Waals surface area contributed by atoms with Crippen molar-refractivity contribution in [2.24, 2.45) is 11.7 Å². The molecule has 0 aliphatic heterocycles. The molecule has 2 atom stereocenters. The number of nitrogens with one attached hydrogen (secondary N) is 2. The lowest BCUT2D eigenvalue weighted by molar-refractivity contribution is -0.120. The number of oxazole rings is 1. The van der Waals surface area contributed by atoms with Gasteiger partial charge < -0.3 is 15.5 Å². The Kier molecular flexibility index (Phi) is 3.79. The zero-order valence-electron chi connectivity index (χ0n) is 11.7. The standard InChI is InChI=1S/C15H19N3O3/c16-11-5-3-1-2-4-10(11)14(19)17-9-6-7-13-12(8-9)18-15(20)21-13/h6-8,10-11H,1-5,16H2,(H,17,19)(H,18,20). The van der Waals surface area contributed by atoms with E-state index in [4.69, 9.17) is 10.2 Å². The topological polar surface area (TPSA) is 101 Å². The third-order valence-electron chi connectivity index (χ3n) is 4.09. The molecule has 0 saturated heterocycles. The van der Waals surface area contributed by atoms with Gasteiger partial charge in [0.15, 0.2) is 5.58 Å². The van der Waals surface area contributed by atoms with Crippen molar-refractivity contribution in [3.63, 3.8) is 0 Å². The van der Waals surface area contributed by atoms with Crippen LogP contribution in [0.2, 0.25) is 0 Å². The van der Waals surface area contributed by atoms with Crippen LogP contribution in [0.15, 0.2) is 27.4 Å². The maximum absolute atomic E-state index is 12.4. The molecule has 1 aromatic heterocycles. The largest absolute Gasteiger partial charge is 0.417 e. The summed E-state index contributed by atoms with van der Waals surface area (Å²) in [5.41, 5.74) is 7.79. The van der Waals surface area contributed by atoms with Gasteiger partial charge >= 0.3 is 5.76 Å². The molecule has 0 radical (unpaired) electrons. The normalized spacial score (nSPS) is 22.9. The van der Waals surface area contributed by atoms with Crippen LogP contribution in [0.25, 0.3) is 11.1 Å². The highest BCUT2D eigenvalue weighted by Crippen LogP contribution is 2.24. The maximum atomic E-state index is 12.4. The first-order valence-corrected chi connectivity index (χ1v) is 7.33. The number of aromatic amines is 1. The van der Waals surface area contributed by atoms with Crippen LogP contribution in [-0.2, 0) is 4.79 Å². The van der Waals surface area contributed by atoms with Crippen molar-refractivity contribution in [2.45, 2.75) is 38.1 Å². The number of rotatable bonds is 2. The van der Waals surface area contributed by atoms with E-state index in [1.807, 2.05) is 0 Å². The average molecular weight is 289 g/mol. The molecule has 2 aromatic rings. The summed E-state index contributed by atoms with van der Waals surface area (Å²) in [5.74, 6) is -0.694. The summed E-state index contributed by atoms with van der Waals surface area (Å²) in [6.45, 7) is 0. The van der Waals surface area contributed by atoms with Gasteiger partial charge in [-0.25, -0.2) is 4.79 Å². The van der Waals surface area contributed by atoms with Crippen molar-refractivity contribution in [1.29, 1.82) is 0 Å². The Morgan fingerprint density at radius 3 is 2.95 bits per heavy atom. The SMILES string of the molecule is NC1CCCCCC1C(=O)Nc1ccc2oc(=O)[nH]c2c1. The number of aromatic nitrogens is 1. The van der Waals surface area contributed by atoms with E-state index >= 15 is 0 Å².